The maximum absolute atomic E-state index is 9.46. The van der Waals surface area contributed by atoms with Crippen LogP contribution in [-0.4, -0.2) is 50.9 Å². The van der Waals surface area contributed by atoms with Crippen LogP contribution in [0.1, 0.15) is 11.4 Å². The van der Waals surface area contributed by atoms with E-state index in [0.717, 1.165) is 0 Å². The monoisotopic (exact) mass is 298 g/mol. The zero-order valence-electron chi connectivity index (χ0n) is 10.8. The van der Waals surface area contributed by atoms with E-state index >= 15 is 0 Å². The summed E-state index contributed by atoms with van der Waals surface area (Å²) in [6.45, 7) is 2.21. The van der Waals surface area contributed by atoms with Crippen LogP contribution in [-0.2, 0) is 18.0 Å². The molecule has 3 rings (SSSR count). The Kier molecular flexibility index (Phi) is 3.75. The molecule has 0 unspecified atom stereocenters. The predicted molar refractivity (Wildman–Crippen MR) is 72.9 cm³/mol. The number of imidazole rings is 1. The van der Waals surface area contributed by atoms with Crippen LogP contribution in [0, 0.1) is 0 Å². The van der Waals surface area contributed by atoms with Crippen molar-refractivity contribution in [2.75, 3.05) is 31.2 Å². The summed E-state index contributed by atoms with van der Waals surface area (Å²) in [7, 11) is 0. The molecule has 7 nitrogen and oxygen atoms in total. The summed E-state index contributed by atoms with van der Waals surface area (Å²) in [6, 6.07) is 0. The smallest absolute Gasteiger partial charge is 0.181 e. The summed E-state index contributed by atoms with van der Waals surface area (Å²) in [5.41, 5.74) is 1.55. The maximum Gasteiger partial charge on any atom is 0.181 e. The van der Waals surface area contributed by atoms with Crippen LogP contribution in [0.2, 0.25) is 5.15 Å². The Labute approximate surface area is 120 Å². The number of halogens is 1. The fraction of sp³-hybridized carbons (Fsp3) is 0.500. The standard InChI is InChI=1S/C12H15ClN4O3/c13-10-5-17-9(7-19)8(6-18)14-12(17)11(15-10)16-1-3-20-4-2-16/h5,18-19H,1-4,6-7H2. The fourth-order valence-corrected chi connectivity index (χ4v) is 2.56. The zero-order valence-corrected chi connectivity index (χ0v) is 11.5. The third-order valence-electron chi connectivity index (χ3n) is 3.35. The number of ether oxygens (including phenoxy) is 1. The number of fused-ring (bicyclic) bond motifs is 1. The lowest BCUT2D eigenvalue weighted by molar-refractivity contribution is 0.122. The molecule has 0 radical (unpaired) electrons. The van der Waals surface area contributed by atoms with Gasteiger partial charge in [-0.05, 0) is 0 Å². The van der Waals surface area contributed by atoms with Crippen molar-refractivity contribution in [3.63, 3.8) is 0 Å². The molecule has 0 saturated carbocycles. The number of hydrogen-bond acceptors (Lipinski definition) is 6. The van der Waals surface area contributed by atoms with E-state index in [1.54, 1.807) is 10.6 Å². The third-order valence-corrected chi connectivity index (χ3v) is 3.53. The largest absolute Gasteiger partial charge is 0.390 e. The lowest BCUT2D eigenvalue weighted by atomic mass is 10.3. The van der Waals surface area contributed by atoms with Crippen LogP contribution in [0.4, 0.5) is 5.82 Å². The first-order valence-corrected chi connectivity index (χ1v) is 6.73. The van der Waals surface area contributed by atoms with Crippen molar-refractivity contribution in [2.24, 2.45) is 0 Å². The molecule has 0 spiro atoms. The summed E-state index contributed by atoms with van der Waals surface area (Å²) < 4.78 is 7.01. The molecule has 1 saturated heterocycles. The second kappa shape index (κ2) is 5.53. The van der Waals surface area contributed by atoms with Crippen molar-refractivity contribution >= 4 is 23.1 Å². The zero-order chi connectivity index (χ0) is 14.1. The van der Waals surface area contributed by atoms with Crippen molar-refractivity contribution in [1.82, 2.24) is 14.4 Å². The molecule has 8 heteroatoms. The van der Waals surface area contributed by atoms with Crippen LogP contribution in [0.3, 0.4) is 0 Å². The van der Waals surface area contributed by atoms with Gasteiger partial charge in [-0.1, -0.05) is 11.6 Å². The van der Waals surface area contributed by atoms with E-state index in [9.17, 15) is 10.2 Å². The number of rotatable bonds is 3. The highest BCUT2D eigenvalue weighted by Gasteiger charge is 2.21. The highest BCUT2D eigenvalue weighted by molar-refractivity contribution is 6.29. The molecule has 1 aliphatic heterocycles. The van der Waals surface area contributed by atoms with Gasteiger partial charge in [0.1, 0.15) is 5.15 Å². The van der Waals surface area contributed by atoms with Crippen LogP contribution in [0.25, 0.3) is 5.65 Å². The molecule has 0 bridgehead atoms. The SMILES string of the molecule is OCc1nc2c(N3CCOCC3)nc(Cl)cn2c1CO. The lowest BCUT2D eigenvalue weighted by Crippen LogP contribution is -2.37. The van der Waals surface area contributed by atoms with Gasteiger partial charge in [0.05, 0.1) is 37.8 Å². The molecule has 2 aromatic rings. The van der Waals surface area contributed by atoms with Gasteiger partial charge in [-0.2, -0.15) is 0 Å². The minimum absolute atomic E-state index is 0.222. The molecule has 20 heavy (non-hydrogen) atoms. The van der Waals surface area contributed by atoms with Crippen molar-refractivity contribution in [1.29, 1.82) is 0 Å². The van der Waals surface area contributed by atoms with Crippen molar-refractivity contribution in [3.8, 4) is 0 Å². The molecule has 0 aromatic carbocycles. The van der Waals surface area contributed by atoms with E-state index in [1.165, 1.54) is 0 Å². The number of anilines is 1. The molecule has 0 amide bonds. The topological polar surface area (TPSA) is 83.1 Å². The fourth-order valence-electron chi connectivity index (χ4n) is 2.38. The van der Waals surface area contributed by atoms with E-state index in [0.29, 0.717) is 54.3 Å². The molecule has 0 aliphatic carbocycles. The molecule has 108 valence electrons. The van der Waals surface area contributed by atoms with Gasteiger partial charge < -0.3 is 19.8 Å². The average molecular weight is 299 g/mol. The van der Waals surface area contributed by atoms with Gasteiger partial charge in [-0.25, -0.2) is 9.97 Å². The predicted octanol–water partition coefficient (Wildman–Crippen LogP) is 0.204. The first-order chi connectivity index (χ1) is 9.74. The van der Waals surface area contributed by atoms with Gasteiger partial charge in [-0.3, -0.25) is 4.40 Å². The highest BCUT2D eigenvalue weighted by Crippen LogP contribution is 2.25. The Morgan fingerprint density at radius 3 is 2.60 bits per heavy atom. The summed E-state index contributed by atoms with van der Waals surface area (Å²) >= 11 is 6.06. The number of nitrogens with zero attached hydrogens (tertiary/aromatic N) is 4. The number of aliphatic hydroxyl groups excluding tert-OH is 2. The van der Waals surface area contributed by atoms with Gasteiger partial charge in [0.15, 0.2) is 11.5 Å². The summed E-state index contributed by atoms with van der Waals surface area (Å²) in [5.74, 6) is 0.648. The Morgan fingerprint density at radius 2 is 1.95 bits per heavy atom. The second-order valence-corrected chi connectivity index (χ2v) is 4.89. The van der Waals surface area contributed by atoms with Crippen LogP contribution < -0.4 is 4.90 Å². The van der Waals surface area contributed by atoms with E-state index in [2.05, 4.69) is 9.97 Å². The highest BCUT2D eigenvalue weighted by atomic mass is 35.5. The van der Waals surface area contributed by atoms with Gasteiger partial charge in [0.25, 0.3) is 0 Å². The molecular weight excluding hydrogens is 284 g/mol. The van der Waals surface area contributed by atoms with Crippen molar-refractivity contribution < 1.29 is 14.9 Å². The molecule has 2 aromatic heterocycles. The van der Waals surface area contributed by atoms with Gasteiger partial charge in [0, 0.05) is 19.3 Å². The van der Waals surface area contributed by atoms with E-state index in [1.807, 2.05) is 4.90 Å². The van der Waals surface area contributed by atoms with E-state index < -0.39 is 0 Å². The molecule has 1 fully saturated rings. The quantitative estimate of drug-likeness (QED) is 0.842. The first-order valence-electron chi connectivity index (χ1n) is 6.35. The van der Waals surface area contributed by atoms with E-state index in [4.69, 9.17) is 16.3 Å². The minimum atomic E-state index is -0.238. The number of hydrogen-bond donors (Lipinski definition) is 2. The van der Waals surface area contributed by atoms with Crippen molar-refractivity contribution in [2.45, 2.75) is 13.2 Å². The first kappa shape index (κ1) is 13.6. The molecule has 0 atom stereocenters. The second-order valence-electron chi connectivity index (χ2n) is 4.50. The Bertz CT molecular complexity index is 625. The van der Waals surface area contributed by atoms with E-state index in [-0.39, 0.29) is 13.2 Å². The van der Waals surface area contributed by atoms with Crippen LogP contribution >= 0.6 is 11.6 Å². The lowest BCUT2D eigenvalue weighted by Gasteiger charge is -2.28. The molecule has 1 aliphatic rings. The van der Waals surface area contributed by atoms with Crippen molar-refractivity contribution in [3.05, 3.63) is 22.7 Å². The maximum atomic E-state index is 9.46. The third kappa shape index (κ3) is 2.22. The number of morpholine rings is 1. The van der Waals surface area contributed by atoms with Gasteiger partial charge >= 0.3 is 0 Å². The number of aliphatic hydroxyl groups is 2. The molecule has 3 heterocycles. The van der Waals surface area contributed by atoms with Crippen LogP contribution in [0.15, 0.2) is 6.20 Å². The summed E-state index contributed by atoms with van der Waals surface area (Å²) in [6.07, 6.45) is 1.60. The molecule has 2 N–H and O–H groups in total. The number of aromatic nitrogens is 3. The summed E-state index contributed by atoms with van der Waals surface area (Å²) in [4.78, 5) is 10.7. The molecular formula is C12H15ClN4O3. The Morgan fingerprint density at radius 1 is 1.20 bits per heavy atom. The van der Waals surface area contributed by atoms with Crippen LogP contribution in [0.5, 0.6) is 0 Å². The summed E-state index contributed by atoms with van der Waals surface area (Å²) in [5, 5.41) is 19.1. The normalized spacial score (nSPS) is 16.1. The Hall–Kier alpha value is -1.41. The average Bonchev–Trinajstić information content (AvgIpc) is 2.84. The minimum Gasteiger partial charge on any atom is -0.390 e. The van der Waals surface area contributed by atoms with Gasteiger partial charge in [-0.15, -0.1) is 0 Å². The van der Waals surface area contributed by atoms with Gasteiger partial charge in [0.2, 0.25) is 0 Å². The Balaban J connectivity index is 2.18.